The minimum Gasteiger partial charge on any atom is -0.352 e. The Morgan fingerprint density at radius 3 is 2.36 bits per heavy atom. The Labute approximate surface area is 176 Å². The molecule has 1 amide bonds. The number of amides is 1. The number of nitrogens with one attached hydrogen (secondary N) is 2. The van der Waals surface area contributed by atoms with E-state index in [-0.39, 0.29) is 16.7 Å². The maximum atomic E-state index is 12.2. The van der Waals surface area contributed by atoms with E-state index in [0.29, 0.717) is 36.0 Å². The maximum absolute atomic E-state index is 12.2. The Kier molecular flexibility index (Phi) is 8.31. The number of carbonyl (C=O) groups is 1. The van der Waals surface area contributed by atoms with Crippen LogP contribution in [0.4, 0.5) is 0 Å². The molecule has 0 fully saturated rings. The molecule has 2 aromatic rings. The highest BCUT2D eigenvalue weighted by atomic mass is 35.5. The second-order valence-electron chi connectivity index (χ2n) is 6.90. The summed E-state index contributed by atoms with van der Waals surface area (Å²) >= 11 is 11.9. The zero-order valence-electron chi connectivity index (χ0n) is 15.8. The maximum Gasteiger partial charge on any atom is 0.240 e. The highest BCUT2D eigenvalue weighted by molar-refractivity contribution is 7.89. The molecule has 0 bridgehead atoms. The van der Waals surface area contributed by atoms with E-state index in [2.05, 4.69) is 10.0 Å². The van der Waals surface area contributed by atoms with E-state index in [1.807, 2.05) is 13.8 Å². The molecule has 0 saturated carbocycles. The Bertz CT molecular complexity index is 914. The van der Waals surface area contributed by atoms with Crippen LogP contribution in [0.15, 0.2) is 47.4 Å². The van der Waals surface area contributed by atoms with Gasteiger partial charge in [0, 0.05) is 29.6 Å². The molecule has 0 aliphatic heterocycles. The molecule has 2 rings (SSSR count). The molecular formula is C20H24Cl2N2O3S. The van der Waals surface area contributed by atoms with Crippen molar-refractivity contribution in [1.29, 1.82) is 0 Å². The smallest absolute Gasteiger partial charge is 0.240 e. The minimum atomic E-state index is -3.50. The van der Waals surface area contributed by atoms with Crippen molar-refractivity contribution >= 4 is 39.1 Å². The lowest BCUT2D eigenvalue weighted by Crippen LogP contribution is -2.27. The van der Waals surface area contributed by atoms with Crippen molar-refractivity contribution in [3.63, 3.8) is 0 Å². The van der Waals surface area contributed by atoms with Gasteiger partial charge in [-0.25, -0.2) is 13.1 Å². The summed E-state index contributed by atoms with van der Waals surface area (Å²) in [5.74, 6) is 0.122. The van der Waals surface area contributed by atoms with Gasteiger partial charge < -0.3 is 5.32 Å². The lowest BCUT2D eigenvalue weighted by Gasteiger charge is -2.10. The van der Waals surface area contributed by atoms with Gasteiger partial charge in [0.25, 0.3) is 0 Å². The lowest BCUT2D eigenvalue weighted by atomic mass is 10.1. The van der Waals surface area contributed by atoms with Gasteiger partial charge >= 0.3 is 0 Å². The SMILES string of the molecule is CC(C)CNS(=O)(=O)c1ccc(CCC(=O)NCc2ccc(Cl)cc2Cl)cc1. The number of carbonyl (C=O) groups excluding carboxylic acids is 1. The molecule has 0 aromatic heterocycles. The van der Waals surface area contributed by atoms with Crippen molar-refractivity contribution in [3.05, 3.63) is 63.6 Å². The summed E-state index contributed by atoms with van der Waals surface area (Å²) < 4.78 is 27.0. The average molecular weight is 443 g/mol. The Morgan fingerprint density at radius 1 is 1.07 bits per heavy atom. The number of rotatable bonds is 9. The largest absolute Gasteiger partial charge is 0.352 e. The summed E-state index contributed by atoms with van der Waals surface area (Å²) in [5.41, 5.74) is 1.69. The fraction of sp³-hybridized carbons (Fsp3) is 0.350. The number of hydrogen-bond donors (Lipinski definition) is 2. The zero-order chi connectivity index (χ0) is 20.7. The summed E-state index contributed by atoms with van der Waals surface area (Å²) in [4.78, 5) is 12.3. The second-order valence-corrected chi connectivity index (χ2v) is 9.51. The third-order valence-corrected chi connectivity index (χ3v) is 6.07. The molecule has 0 atom stereocenters. The molecule has 8 heteroatoms. The molecule has 0 radical (unpaired) electrons. The molecule has 2 aromatic carbocycles. The topological polar surface area (TPSA) is 75.3 Å². The molecule has 5 nitrogen and oxygen atoms in total. The van der Waals surface area contributed by atoms with E-state index in [9.17, 15) is 13.2 Å². The van der Waals surface area contributed by atoms with E-state index >= 15 is 0 Å². The number of aryl methyl sites for hydroxylation is 1. The van der Waals surface area contributed by atoms with Gasteiger partial charge in [-0.05, 0) is 47.7 Å². The van der Waals surface area contributed by atoms with Crippen molar-refractivity contribution < 1.29 is 13.2 Å². The number of sulfonamides is 1. The van der Waals surface area contributed by atoms with Crippen LogP contribution in [0.1, 0.15) is 31.4 Å². The first-order chi connectivity index (χ1) is 13.2. The Balaban J connectivity index is 1.84. The lowest BCUT2D eigenvalue weighted by molar-refractivity contribution is -0.121. The van der Waals surface area contributed by atoms with Gasteiger partial charge in [0.05, 0.1) is 4.90 Å². The van der Waals surface area contributed by atoms with Crippen molar-refractivity contribution in [3.8, 4) is 0 Å². The summed E-state index contributed by atoms with van der Waals surface area (Å²) in [6.07, 6.45) is 0.808. The van der Waals surface area contributed by atoms with Crippen LogP contribution >= 0.6 is 23.2 Å². The monoisotopic (exact) mass is 442 g/mol. The van der Waals surface area contributed by atoms with Gasteiger partial charge in [-0.3, -0.25) is 4.79 Å². The van der Waals surface area contributed by atoms with Crippen molar-refractivity contribution in [2.24, 2.45) is 5.92 Å². The van der Waals surface area contributed by atoms with E-state index in [1.165, 1.54) is 0 Å². The molecule has 0 unspecified atom stereocenters. The van der Waals surface area contributed by atoms with Gasteiger partial charge in [-0.2, -0.15) is 0 Å². The van der Waals surface area contributed by atoms with Gasteiger partial charge in [0.2, 0.25) is 15.9 Å². The molecule has 0 spiro atoms. The molecule has 28 heavy (non-hydrogen) atoms. The van der Waals surface area contributed by atoms with Crippen LogP contribution in [0.3, 0.4) is 0 Å². The van der Waals surface area contributed by atoms with Gasteiger partial charge in [0.1, 0.15) is 0 Å². The first-order valence-corrected chi connectivity index (χ1v) is 11.2. The van der Waals surface area contributed by atoms with E-state index < -0.39 is 10.0 Å². The van der Waals surface area contributed by atoms with E-state index in [4.69, 9.17) is 23.2 Å². The number of benzene rings is 2. The Morgan fingerprint density at radius 2 is 1.75 bits per heavy atom. The van der Waals surface area contributed by atoms with Crippen molar-refractivity contribution in [2.75, 3.05) is 6.54 Å². The molecule has 0 heterocycles. The van der Waals surface area contributed by atoms with Gasteiger partial charge in [-0.15, -0.1) is 0 Å². The molecule has 0 aliphatic rings. The predicted octanol–water partition coefficient (Wildman–Crippen LogP) is 4.18. The van der Waals surface area contributed by atoms with E-state index in [1.54, 1.807) is 42.5 Å². The Hall–Kier alpha value is -1.60. The predicted molar refractivity (Wildman–Crippen MR) is 113 cm³/mol. The normalized spacial score (nSPS) is 11.6. The van der Waals surface area contributed by atoms with Gasteiger partial charge in [-0.1, -0.05) is 55.2 Å². The number of halogens is 2. The molecule has 152 valence electrons. The van der Waals surface area contributed by atoms with Crippen LogP contribution in [0.2, 0.25) is 10.0 Å². The fourth-order valence-corrected chi connectivity index (χ4v) is 4.09. The summed E-state index contributed by atoms with van der Waals surface area (Å²) in [5, 5.41) is 3.88. The molecule has 0 aliphatic carbocycles. The minimum absolute atomic E-state index is 0.110. The van der Waals surface area contributed by atoms with Crippen LogP contribution < -0.4 is 10.0 Å². The first kappa shape index (κ1) is 22.7. The number of hydrogen-bond acceptors (Lipinski definition) is 3. The standard InChI is InChI=1S/C20H24Cl2N2O3S/c1-14(2)12-24-28(26,27)18-8-3-15(4-9-18)5-10-20(25)23-13-16-6-7-17(21)11-19(16)22/h3-4,6-9,11,14,24H,5,10,12-13H2,1-2H3,(H,23,25). The van der Waals surface area contributed by atoms with Crippen LogP contribution in [-0.2, 0) is 27.8 Å². The zero-order valence-corrected chi connectivity index (χ0v) is 18.2. The molecular weight excluding hydrogens is 419 g/mol. The summed E-state index contributed by atoms with van der Waals surface area (Å²) in [7, 11) is -3.50. The first-order valence-electron chi connectivity index (χ1n) is 8.96. The second kappa shape index (κ2) is 10.3. The van der Waals surface area contributed by atoms with Crippen LogP contribution in [-0.4, -0.2) is 20.9 Å². The molecule has 0 saturated heterocycles. The van der Waals surface area contributed by atoms with Crippen LogP contribution in [0, 0.1) is 5.92 Å². The molecule has 2 N–H and O–H groups in total. The van der Waals surface area contributed by atoms with Crippen molar-refractivity contribution in [2.45, 2.75) is 38.1 Å². The fourth-order valence-electron chi connectivity index (χ4n) is 2.40. The third kappa shape index (κ3) is 7.09. The third-order valence-electron chi connectivity index (χ3n) is 4.05. The summed E-state index contributed by atoms with van der Waals surface area (Å²) in [6.45, 7) is 4.60. The van der Waals surface area contributed by atoms with Crippen LogP contribution in [0.25, 0.3) is 0 Å². The van der Waals surface area contributed by atoms with Crippen LogP contribution in [0.5, 0.6) is 0 Å². The van der Waals surface area contributed by atoms with E-state index in [0.717, 1.165) is 11.1 Å². The summed E-state index contributed by atoms with van der Waals surface area (Å²) in [6, 6.07) is 11.7. The highest BCUT2D eigenvalue weighted by Crippen LogP contribution is 2.20. The van der Waals surface area contributed by atoms with Gasteiger partial charge in [0.15, 0.2) is 0 Å². The quantitative estimate of drug-likeness (QED) is 0.611. The highest BCUT2D eigenvalue weighted by Gasteiger charge is 2.14. The average Bonchev–Trinajstić information content (AvgIpc) is 2.64. The van der Waals surface area contributed by atoms with Crippen molar-refractivity contribution in [1.82, 2.24) is 10.0 Å².